The zero-order chi connectivity index (χ0) is 37.6. The predicted octanol–water partition coefficient (Wildman–Crippen LogP) is 8.41. The lowest BCUT2D eigenvalue weighted by molar-refractivity contribution is -0.262. The lowest BCUT2D eigenvalue weighted by Gasteiger charge is -2.42. The van der Waals surface area contributed by atoms with Crippen molar-refractivity contribution in [2.45, 2.75) is 203 Å². The van der Waals surface area contributed by atoms with Crippen molar-refractivity contribution in [3.05, 3.63) is 49.6 Å². The summed E-state index contributed by atoms with van der Waals surface area (Å²) in [6, 6.07) is 0. The van der Waals surface area contributed by atoms with E-state index in [4.69, 9.17) is 33.2 Å². The van der Waals surface area contributed by atoms with Crippen LogP contribution in [0.2, 0.25) is 0 Å². The van der Waals surface area contributed by atoms with Crippen molar-refractivity contribution >= 4 is 0 Å². The van der Waals surface area contributed by atoms with Crippen LogP contribution in [0.25, 0.3) is 0 Å². The third kappa shape index (κ3) is 8.23. The molecule has 8 heterocycles. The highest BCUT2D eigenvalue weighted by Gasteiger charge is 2.67. The molecular formula is C45H70O8. The summed E-state index contributed by atoms with van der Waals surface area (Å²) >= 11 is 0. The highest BCUT2D eigenvalue weighted by molar-refractivity contribution is 5.14. The first kappa shape index (κ1) is 39.9. The molecule has 8 rings (SSSR count). The molecule has 0 aromatic heterocycles. The van der Waals surface area contributed by atoms with E-state index in [1.165, 1.54) is 11.1 Å². The van der Waals surface area contributed by atoms with E-state index >= 15 is 0 Å². The van der Waals surface area contributed by atoms with Gasteiger partial charge in [0.25, 0.3) is 0 Å². The summed E-state index contributed by atoms with van der Waals surface area (Å²) in [6.07, 6.45) is 14.9. The van der Waals surface area contributed by atoms with Gasteiger partial charge in [0.1, 0.15) is 18.3 Å². The van der Waals surface area contributed by atoms with Gasteiger partial charge in [0.2, 0.25) is 0 Å². The molecule has 0 amide bonds. The summed E-state index contributed by atoms with van der Waals surface area (Å²) in [5, 5.41) is 10.8. The van der Waals surface area contributed by atoms with Crippen LogP contribution in [0.3, 0.4) is 0 Å². The Morgan fingerprint density at radius 3 is 2.32 bits per heavy atom. The van der Waals surface area contributed by atoms with E-state index in [1.54, 1.807) is 0 Å². The van der Waals surface area contributed by atoms with Crippen molar-refractivity contribution < 1.29 is 38.3 Å². The average molecular weight is 739 g/mol. The fraction of sp³-hybridized carbons (Fsp3) is 0.822. The fourth-order valence-electron chi connectivity index (χ4n) is 11.0. The Morgan fingerprint density at radius 2 is 1.57 bits per heavy atom. The third-order valence-corrected chi connectivity index (χ3v) is 14.5. The van der Waals surface area contributed by atoms with Gasteiger partial charge in [-0.05, 0) is 92.6 Å². The number of hydrogen-bond acceptors (Lipinski definition) is 8. The Labute approximate surface area is 320 Å². The quantitative estimate of drug-likeness (QED) is 0.149. The smallest absolute Gasteiger partial charge is 0.172 e. The van der Waals surface area contributed by atoms with E-state index in [0.717, 1.165) is 77.0 Å². The van der Waals surface area contributed by atoms with Gasteiger partial charge in [-0.25, -0.2) is 0 Å². The van der Waals surface area contributed by atoms with Crippen molar-refractivity contribution in [3.63, 3.8) is 0 Å². The maximum atomic E-state index is 10.8. The average Bonchev–Trinajstić information content (AvgIpc) is 3.79. The highest BCUT2D eigenvalue weighted by Crippen LogP contribution is 2.54. The highest BCUT2D eigenvalue weighted by atomic mass is 16.8. The molecule has 19 atom stereocenters. The van der Waals surface area contributed by atoms with Crippen LogP contribution in [0, 0.1) is 29.6 Å². The topological polar surface area (TPSA) is 84.8 Å². The van der Waals surface area contributed by atoms with Gasteiger partial charge in [-0.15, -0.1) is 13.2 Å². The second kappa shape index (κ2) is 16.6. The number of rotatable bonds is 17. The van der Waals surface area contributed by atoms with E-state index in [1.807, 2.05) is 12.2 Å². The maximum absolute atomic E-state index is 10.8. The molecule has 0 radical (unpaired) electrons. The van der Waals surface area contributed by atoms with Gasteiger partial charge in [-0.1, -0.05) is 66.3 Å². The molecule has 8 heteroatoms. The van der Waals surface area contributed by atoms with Crippen molar-refractivity contribution in [1.82, 2.24) is 0 Å². The first-order valence-electron chi connectivity index (χ1n) is 21.3. The van der Waals surface area contributed by atoms with Crippen LogP contribution in [-0.4, -0.2) is 90.2 Å². The van der Waals surface area contributed by atoms with Gasteiger partial charge in [-0.2, -0.15) is 0 Å². The van der Waals surface area contributed by atoms with E-state index in [2.05, 4.69) is 60.9 Å². The Bertz CT molecular complexity index is 1320. The van der Waals surface area contributed by atoms with Gasteiger partial charge in [0.05, 0.1) is 61.0 Å². The summed E-state index contributed by atoms with van der Waals surface area (Å²) < 4.78 is 47.1. The fourth-order valence-corrected chi connectivity index (χ4v) is 11.0. The molecule has 8 saturated heterocycles. The standard InChI is InChI=1S/C45H70O8/c1-10-13-31(46)22-34-29(8)37(19-25(4)12-3)49-39(34)23-38-28(7)26(5)20-32(48-38)15-16-35-27(6)21-33(47-35)17-18-45-24-40-42(53-45)44-43(51-40)41(52-45)30(9)36(50-44)14-11-2/h10-11,25-26,29-44,46H,1-2,6-7,12-24H2,3-5,8-9H3/t25-,26-,29-,30?,31?,32?,33?,34-,35+,36+,37-,38-,39?,40-,41+,42+,43+,44+,45-/m1/s1. The molecule has 0 saturated carbocycles. The number of aliphatic hydroxyl groups excluding tert-OH is 1. The monoisotopic (exact) mass is 739 g/mol. The van der Waals surface area contributed by atoms with Crippen LogP contribution in [0.4, 0.5) is 0 Å². The molecule has 8 aliphatic heterocycles. The van der Waals surface area contributed by atoms with Crippen molar-refractivity contribution in [2.24, 2.45) is 29.6 Å². The zero-order valence-electron chi connectivity index (χ0n) is 33.4. The lowest BCUT2D eigenvalue weighted by Crippen LogP contribution is -2.54. The maximum Gasteiger partial charge on any atom is 0.172 e. The molecular weight excluding hydrogens is 668 g/mol. The number of ether oxygens (including phenoxy) is 7. The Morgan fingerprint density at radius 1 is 0.811 bits per heavy atom. The minimum absolute atomic E-state index is 0.0271. The Hall–Kier alpha value is -1.36. The SMILES string of the molecule is C=CCC(O)C[C@H]1C(C[C@H]2OC(CC[C@@H]3OC(CC[C@@]45C[C@H]6O[C@@H]7[C@@H](O[C@@H](CC=C)C(C)[C@@H]7O4)[C@H]6O5)CC3=C)C[C@@H](C)C2=C)O[C@H](C[C@H](C)CC)[C@@H]1C. The van der Waals surface area contributed by atoms with Gasteiger partial charge in [-0.3, -0.25) is 0 Å². The molecule has 0 aromatic carbocycles. The summed E-state index contributed by atoms with van der Waals surface area (Å²) in [5.41, 5.74) is 2.36. The summed E-state index contributed by atoms with van der Waals surface area (Å²) in [7, 11) is 0. The van der Waals surface area contributed by atoms with Crippen molar-refractivity contribution in [3.8, 4) is 0 Å². The zero-order valence-corrected chi connectivity index (χ0v) is 33.4. The van der Waals surface area contributed by atoms with Crippen LogP contribution in [0.15, 0.2) is 49.6 Å². The minimum Gasteiger partial charge on any atom is -0.393 e. The van der Waals surface area contributed by atoms with Gasteiger partial charge >= 0.3 is 0 Å². The molecule has 6 bridgehead atoms. The molecule has 1 N–H and O–H groups in total. The van der Waals surface area contributed by atoms with Gasteiger partial charge < -0.3 is 38.3 Å². The number of aliphatic hydroxyl groups is 1. The van der Waals surface area contributed by atoms with Crippen molar-refractivity contribution in [2.75, 3.05) is 0 Å². The molecule has 298 valence electrons. The van der Waals surface area contributed by atoms with E-state index in [9.17, 15) is 5.11 Å². The van der Waals surface area contributed by atoms with Crippen molar-refractivity contribution in [1.29, 1.82) is 0 Å². The first-order chi connectivity index (χ1) is 25.4. The van der Waals surface area contributed by atoms with Crippen LogP contribution >= 0.6 is 0 Å². The second-order valence-corrected chi connectivity index (χ2v) is 18.3. The lowest BCUT2D eigenvalue weighted by atomic mass is 9.78. The van der Waals surface area contributed by atoms with E-state index < -0.39 is 11.9 Å². The minimum atomic E-state index is -0.645. The van der Waals surface area contributed by atoms with Gasteiger partial charge in [0.15, 0.2) is 5.79 Å². The summed E-state index contributed by atoms with van der Waals surface area (Å²) in [5.74, 6) is 1.22. The Kier molecular flexibility index (Phi) is 12.5. The van der Waals surface area contributed by atoms with E-state index in [-0.39, 0.29) is 85.1 Å². The molecule has 8 aliphatic rings. The second-order valence-electron chi connectivity index (χ2n) is 18.3. The third-order valence-electron chi connectivity index (χ3n) is 14.5. The van der Waals surface area contributed by atoms with Gasteiger partial charge in [0, 0.05) is 25.2 Å². The molecule has 53 heavy (non-hydrogen) atoms. The predicted molar refractivity (Wildman–Crippen MR) is 206 cm³/mol. The van der Waals surface area contributed by atoms with Crippen LogP contribution in [-0.2, 0) is 33.2 Å². The molecule has 8 nitrogen and oxygen atoms in total. The van der Waals surface area contributed by atoms with Crippen LogP contribution < -0.4 is 0 Å². The first-order valence-corrected chi connectivity index (χ1v) is 21.3. The Balaban J connectivity index is 0.921. The van der Waals surface area contributed by atoms with Crippen LogP contribution in [0.1, 0.15) is 118 Å². The molecule has 8 fully saturated rings. The van der Waals surface area contributed by atoms with E-state index in [0.29, 0.717) is 24.2 Å². The normalized spacial score (nSPS) is 47.2. The molecule has 0 spiro atoms. The number of hydrogen-bond donors (Lipinski definition) is 1. The molecule has 5 unspecified atom stereocenters. The largest absolute Gasteiger partial charge is 0.393 e. The molecule has 0 aliphatic carbocycles. The summed E-state index contributed by atoms with van der Waals surface area (Å²) in [6.45, 7) is 28.2. The molecule has 0 aromatic rings. The van der Waals surface area contributed by atoms with Crippen LogP contribution in [0.5, 0.6) is 0 Å². The summed E-state index contributed by atoms with van der Waals surface area (Å²) in [4.78, 5) is 0.